The summed E-state index contributed by atoms with van der Waals surface area (Å²) < 4.78 is 7.09. The maximum atomic E-state index is 10.3. The van der Waals surface area contributed by atoms with Gasteiger partial charge < -0.3 is 9.84 Å². The van der Waals surface area contributed by atoms with Crippen LogP contribution in [0.25, 0.3) is 0 Å². The van der Waals surface area contributed by atoms with Crippen molar-refractivity contribution in [1.82, 2.24) is 0 Å². The van der Waals surface area contributed by atoms with E-state index in [1.54, 1.807) is 5.57 Å². The Balaban J connectivity index is 1.38. The zero-order chi connectivity index (χ0) is 22.8. The lowest BCUT2D eigenvalue weighted by Gasteiger charge is -2.53. The predicted octanol–water partition coefficient (Wildman–Crippen LogP) is 7.55. The highest BCUT2D eigenvalue weighted by molar-refractivity contribution is 5.28. The molecule has 2 heteroatoms. The van der Waals surface area contributed by atoms with E-state index in [-0.39, 0.29) is 11.7 Å². The van der Waals surface area contributed by atoms with E-state index >= 15 is 0 Å². The number of allylic oxidation sites excluding steroid dienone is 1. The van der Waals surface area contributed by atoms with Crippen LogP contribution in [0, 0.1) is 46.8 Å². The van der Waals surface area contributed by atoms with Crippen LogP contribution in [-0.4, -0.2) is 22.9 Å². The number of aliphatic hydroxyl groups excluding tert-OH is 1. The summed E-state index contributed by atoms with van der Waals surface area (Å²) in [7, 11) is 0. The van der Waals surface area contributed by atoms with Gasteiger partial charge in [-0.25, -0.2) is 0 Å². The molecule has 4 aliphatic carbocycles. The topological polar surface area (TPSA) is 29.5 Å². The molecule has 0 aromatic heterocycles. The zero-order valence-electron chi connectivity index (χ0n) is 21.8. The summed E-state index contributed by atoms with van der Waals surface area (Å²) in [5.74, 6) is 5.41. The van der Waals surface area contributed by atoms with Gasteiger partial charge in [-0.3, -0.25) is 0 Å². The lowest BCUT2D eigenvalue weighted by molar-refractivity contribution is -0.0787. The summed E-state index contributed by atoms with van der Waals surface area (Å²) in [6, 6.07) is 0. The van der Waals surface area contributed by atoms with Crippen LogP contribution in [0.1, 0.15) is 112 Å². The van der Waals surface area contributed by atoms with Gasteiger partial charge in [0, 0.05) is 0 Å². The first-order valence-electron chi connectivity index (χ1n) is 14.2. The molecule has 0 unspecified atom stereocenters. The normalized spacial score (nSPS) is 51.8. The number of aliphatic hydroxyl groups is 1. The van der Waals surface area contributed by atoms with Gasteiger partial charge in [-0.15, -0.1) is 0 Å². The summed E-state index contributed by atoms with van der Waals surface area (Å²) in [6.45, 7) is 14.8. The number of fused-ring (bicyclic) bond motifs is 5. The third-order valence-corrected chi connectivity index (χ3v) is 12.0. The van der Waals surface area contributed by atoms with E-state index in [1.165, 1.54) is 57.8 Å². The molecule has 1 aliphatic heterocycles. The largest absolute Gasteiger partial charge is 0.393 e. The molecule has 1 N–H and O–H groups in total. The number of hydrogen-bond acceptors (Lipinski definition) is 2. The van der Waals surface area contributed by atoms with Crippen molar-refractivity contribution < 1.29 is 9.84 Å². The molecule has 1 saturated heterocycles. The van der Waals surface area contributed by atoms with Gasteiger partial charge in [0.1, 0.15) is 0 Å². The molecular formula is C30H50O2. The van der Waals surface area contributed by atoms with E-state index in [1.807, 2.05) is 5.57 Å². The van der Waals surface area contributed by atoms with Crippen LogP contribution in [0.3, 0.4) is 0 Å². The second kappa shape index (κ2) is 8.40. The second-order valence-electron chi connectivity index (χ2n) is 13.4. The summed E-state index contributed by atoms with van der Waals surface area (Å²) >= 11 is 0. The fourth-order valence-electron chi connectivity index (χ4n) is 9.49. The first kappa shape index (κ1) is 23.4. The van der Waals surface area contributed by atoms with Gasteiger partial charge in [-0.2, -0.15) is 0 Å². The fourth-order valence-corrected chi connectivity index (χ4v) is 9.49. The van der Waals surface area contributed by atoms with Gasteiger partial charge in [0.2, 0.25) is 0 Å². The highest BCUT2D eigenvalue weighted by atomic mass is 16.5. The molecule has 5 rings (SSSR count). The molecule has 32 heavy (non-hydrogen) atoms. The first-order chi connectivity index (χ1) is 15.2. The molecule has 1 heterocycles. The van der Waals surface area contributed by atoms with Crippen molar-refractivity contribution in [3.05, 3.63) is 11.1 Å². The minimum atomic E-state index is -0.0383. The summed E-state index contributed by atoms with van der Waals surface area (Å²) in [5, 5.41) is 10.3. The molecule has 11 atom stereocenters. The molecule has 0 bridgehead atoms. The van der Waals surface area contributed by atoms with E-state index in [2.05, 4.69) is 41.5 Å². The van der Waals surface area contributed by atoms with Crippen LogP contribution in [0.15, 0.2) is 11.1 Å². The highest BCUT2D eigenvalue weighted by Crippen LogP contribution is 2.65. The third kappa shape index (κ3) is 3.57. The van der Waals surface area contributed by atoms with E-state index in [4.69, 9.17) is 4.74 Å². The van der Waals surface area contributed by atoms with Crippen LogP contribution in [0.5, 0.6) is 0 Å². The summed E-state index contributed by atoms with van der Waals surface area (Å²) in [4.78, 5) is 0. The van der Waals surface area contributed by atoms with Gasteiger partial charge in [0.25, 0.3) is 0 Å². The Morgan fingerprint density at radius 3 is 2.66 bits per heavy atom. The van der Waals surface area contributed by atoms with Crippen LogP contribution in [0.4, 0.5) is 0 Å². The second-order valence-corrected chi connectivity index (χ2v) is 13.4. The Morgan fingerprint density at radius 2 is 1.91 bits per heavy atom. The fraction of sp³-hybridized carbons (Fsp3) is 0.933. The van der Waals surface area contributed by atoms with Crippen LogP contribution in [0.2, 0.25) is 0 Å². The minimum Gasteiger partial charge on any atom is -0.393 e. The Bertz CT molecular complexity index is 741. The van der Waals surface area contributed by atoms with E-state index in [0.717, 1.165) is 42.4 Å². The van der Waals surface area contributed by atoms with Crippen LogP contribution in [-0.2, 0) is 4.74 Å². The molecule has 0 radical (unpaired) electrons. The van der Waals surface area contributed by atoms with Crippen molar-refractivity contribution in [2.45, 2.75) is 130 Å². The SMILES string of the molecule is CC[C@@H](C)C[C@H]1O[C@]2(CC[C@@H]3C(=C(C)C2)C[C@H]2[C@H]3CC[C@@H]3C[C@H](O)CC[C@@]32C)[C@H](C)[C@@H]1C. The molecule has 0 aromatic rings. The van der Waals surface area contributed by atoms with E-state index in [0.29, 0.717) is 23.4 Å². The van der Waals surface area contributed by atoms with Crippen molar-refractivity contribution in [2.75, 3.05) is 0 Å². The predicted molar refractivity (Wildman–Crippen MR) is 132 cm³/mol. The molecule has 5 aliphatic rings. The Kier molecular flexibility index (Phi) is 6.14. The molecular weight excluding hydrogens is 392 g/mol. The minimum absolute atomic E-state index is 0.0383. The van der Waals surface area contributed by atoms with Gasteiger partial charge >= 0.3 is 0 Å². The molecule has 2 nitrogen and oxygen atoms in total. The van der Waals surface area contributed by atoms with Crippen molar-refractivity contribution in [3.63, 3.8) is 0 Å². The summed E-state index contributed by atoms with van der Waals surface area (Å²) in [5.41, 5.74) is 4.09. The van der Waals surface area contributed by atoms with Crippen molar-refractivity contribution >= 4 is 0 Å². The Morgan fingerprint density at radius 1 is 1.12 bits per heavy atom. The average Bonchev–Trinajstić information content (AvgIpc) is 3.20. The number of rotatable bonds is 3. The number of ether oxygens (including phenoxy) is 1. The summed E-state index contributed by atoms with van der Waals surface area (Å²) in [6.07, 6.45) is 14.1. The van der Waals surface area contributed by atoms with Gasteiger partial charge in [0.05, 0.1) is 17.8 Å². The van der Waals surface area contributed by atoms with Crippen molar-refractivity contribution in [1.29, 1.82) is 0 Å². The molecule has 3 saturated carbocycles. The lowest BCUT2D eigenvalue weighted by atomic mass is 9.52. The number of hydrogen-bond donors (Lipinski definition) is 1. The monoisotopic (exact) mass is 442 g/mol. The van der Waals surface area contributed by atoms with Crippen molar-refractivity contribution in [2.24, 2.45) is 46.8 Å². The lowest BCUT2D eigenvalue weighted by Crippen LogP contribution is -2.47. The quantitative estimate of drug-likeness (QED) is 0.457. The molecule has 182 valence electrons. The maximum absolute atomic E-state index is 10.3. The Labute approximate surface area is 198 Å². The van der Waals surface area contributed by atoms with Crippen LogP contribution < -0.4 is 0 Å². The van der Waals surface area contributed by atoms with Gasteiger partial charge in [0.15, 0.2) is 0 Å². The standard InChI is InChI=1S/C30H50O2/c1-7-18(2)14-28-20(4)21(5)30(32-28)13-11-24-25-9-8-22-15-23(31)10-12-29(22,6)27(25)16-26(24)19(3)17-30/h18,20-25,27-28,31H,7-17H2,1-6H3/t18-,20+,21-,22-,23-,24+,25+,27+,28-,29+,30+/m1/s1. The maximum Gasteiger partial charge on any atom is 0.0752 e. The van der Waals surface area contributed by atoms with Gasteiger partial charge in [-0.05, 0) is 118 Å². The third-order valence-electron chi connectivity index (χ3n) is 12.0. The molecule has 4 fully saturated rings. The molecule has 0 amide bonds. The Hall–Kier alpha value is -0.340. The first-order valence-corrected chi connectivity index (χ1v) is 14.2. The van der Waals surface area contributed by atoms with E-state index in [9.17, 15) is 5.11 Å². The van der Waals surface area contributed by atoms with Crippen molar-refractivity contribution in [3.8, 4) is 0 Å². The smallest absolute Gasteiger partial charge is 0.0752 e. The average molecular weight is 443 g/mol. The van der Waals surface area contributed by atoms with E-state index < -0.39 is 0 Å². The highest BCUT2D eigenvalue weighted by Gasteiger charge is 2.58. The van der Waals surface area contributed by atoms with Crippen LogP contribution >= 0.6 is 0 Å². The zero-order valence-corrected chi connectivity index (χ0v) is 21.8. The van der Waals surface area contributed by atoms with Gasteiger partial charge in [-0.1, -0.05) is 52.2 Å². The molecule has 0 aromatic carbocycles. The molecule has 1 spiro atoms.